The molecule has 2 aliphatic rings. The minimum atomic E-state index is -0.410. The van der Waals surface area contributed by atoms with Gasteiger partial charge in [-0.15, -0.1) is 0 Å². The molecule has 1 aliphatic carbocycles. The summed E-state index contributed by atoms with van der Waals surface area (Å²) in [5, 5.41) is 4.09. The Bertz CT molecular complexity index is 719. The molecular weight excluding hydrogens is 306 g/mol. The average Bonchev–Trinajstić information content (AvgIpc) is 3.16. The van der Waals surface area contributed by atoms with Crippen LogP contribution in [0.15, 0.2) is 34.9 Å². The van der Waals surface area contributed by atoms with Crippen LogP contribution in [0.1, 0.15) is 48.9 Å². The fourth-order valence-electron chi connectivity index (χ4n) is 3.51. The van der Waals surface area contributed by atoms with Crippen LogP contribution in [0.3, 0.4) is 0 Å². The zero-order chi connectivity index (χ0) is 16.6. The van der Waals surface area contributed by atoms with E-state index in [9.17, 15) is 4.79 Å². The first-order valence-corrected chi connectivity index (χ1v) is 8.44. The van der Waals surface area contributed by atoms with Gasteiger partial charge in [0.25, 0.3) is 0 Å². The Morgan fingerprint density at radius 3 is 2.79 bits per heavy atom. The lowest BCUT2D eigenvalue weighted by Crippen LogP contribution is -2.37. The smallest absolute Gasteiger partial charge is 0.239 e. The standard InChI is InChI=1S/C18H21N3O3/c1-23-18(9-5-10-18)17-19-15(24-20-17)14-8-11-21(16(14)22)12-13-6-3-2-4-7-13/h2-4,6-7,14H,5,8-12H2,1H3. The van der Waals surface area contributed by atoms with Gasteiger partial charge in [-0.2, -0.15) is 4.98 Å². The molecule has 1 saturated heterocycles. The largest absolute Gasteiger partial charge is 0.370 e. The summed E-state index contributed by atoms with van der Waals surface area (Å²) in [6.07, 6.45) is 3.63. The Labute approximate surface area is 140 Å². The highest BCUT2D eigenvalue weighted by molar-refractivity contribution is 5.84. The van der Waals surface area contributed by atoms with Gasteiger partial charge in [0.05, 0.1) is 0 Å². The summed E-state index contributed by atoms with van der Waals surface area (Å²) in [6.45, 7) is 1.34. The van der Waals surface area contributed by atoms with Gasteiger partial charge in [0.1, 0.15) is 11.5 Å². The minimum Gasteiger partial charge on any atom is -0.370 e. The lowest BCUT2D eigenvalue weighted by atomic mass is 9.79. The van der Waals surface area contributed by atoms with E-state index in [1.165, 1.54) is 0 Å². The molecule has 1 saturated carbocycles. The molecule has 0 radical (unpaired) electrons. The Balaban J connectivity index is 1.48. The molecule has 6 nitrogen and oxygen atoms in total. The number of ether oxygens (including phenoxy) is 1. The fourth-order valence-corrected chi connectivity index (χ4v) is 3.51. The molecule has 1 atom stereocenters. The summed E-state index contributed by atoms with van der Waals surface area (Å²) in [7, 11) is 1.68. The van der Waals surface area contributed by atoms with Gasteiger partial charge in [-0.3, -0.25) is 4.79 Å². The number of carbonyl (C=O) groups excluding carboxylic acids is 1. The van der Waals surface area contributed by atoms with Crippen molar-refractivity contribution >= 4 is 5.91 Å². The predicted molar refractivity (Wildman–Crippen MR) is 86.1 cm³/mol. The normalized spacial score (nSPS) is 22.6. The quantitative estimate of drug-likeness (QED) is 0.844. The van der Waals surface area contributed by atoms with Crippen LogP contribution in [0.5, 0.6) is 0 Å². The van der Waals surface area contributed by atoms with Crippen LogP contribution < -0.4 is 0 Å². The van der Waals surface area contributed by atoms with E-state index < -0.39 is 5.60 Å². The van der Waals surface area contributed by atoms with Gasteiger partial charge in [0, 0.05) is 20.2 Å². The van der Waals surface area contributed by atoms with Gasteiger partial charge in [-0.25, -0.2) is 0 Å². The highest BCUT2D eigenvalue weighted by atomic mass is 16.5. The van der Waals surface area contributed by atoms with Gasteiger partial charge in [0.15, 0.2) is 0 Å². The Morgan fingerprint density at radius 1 is 1.33 bits per heavy atom. The molecule has 2 aromatic rings. The highest BCUT2D eigenvalue weighted by Crippen LogP contribution is 2.43. The van der Waals surface area contributed by atoms with Crippen molar-refractivity contribution in [1.82, 2.24) is 15.0 Å². The maximum Gasteiger partial charge on any atom is 0.239 e. The van der Waals surface area contributed by atoms with Crippen LogP contribution in [0.2, 0.25) is 0 Å². The third kappa shape index (κ3) is 2.51. The Kier molecular flexibility index (Phi) is 3.84. The van der Waals surface area contributed by atoms with Crippen molar-refractivity contribution in [3.63, 3.8) is 0 Å². The topological polar surface area (TPSA) is 68.5 Å². The van der Waals surface area contributed by atoms with E-state index in [1.54, 1.807) is 7.11 Å². The van der Waals surface area contributed by atoms with Crippen LogP contribution >= 0.6 is 0 Å². The molecule has 1 aromatic heterocycles. The monoisotopic (exact) mass is 327 g/mol. The molecule has 1 aliphatic heterocycles. The van der Waals surface area contributed by atoms with Crippen molar-refractivity contribution in [2.45, 2.75) is 43.7 Å². The number of rotatable bonds is 5. The molecular formula is C18H21N3O3. The molecule has 6 heteroatoms. The first kappa shape index (κ1) is 15.3. The number of nitrogens with zero attached hydrogens (tertiary/aromatic N) is 3. The number of aromatic nitrogens is 2. The summed E-state index contributed by atoms with van der Waals surface area (Å²) in [5.74, 6) is 0.743. The molecule has 1 unspecified atom stereocenters. The summed E-state index contributed by atoms with van der Waals surface area (Å²) in [6, 6.07) is 10.0. The van der Waals surface area contributed by atoms with Crippen LogP contribution in [-0.2, 0) is 21.7 Å². The Morgan fingerprint density at radius 2 is 2.12 bits per heavy atom. The van der Waals surface area contributed by atoms with E-state index in [0.717, 1.165) is 24.8 Å². The van der Waals surface area contributed by atoms with Crippen molar-refractivity contribution in [3.05, 3.63) is 47.6 Å². The van der Waals surface area contributed by atoms with Crippen LogP contribution in [0.4, 0.5) is 0 Å². The first-order valence-electron chi connectivity index (χ1n) is 8.44. The molecule has 0 N–H and O–H groups in total. The average molecular weight is 327 g/mol. The van der Waals surface area contributed by atoms with Crippen molar-refractivity contribution in [3.8, 4) is 0 Å². The third-order valence-corrected chi connectivity index (χ3v) is 5.21. The molecule has 2 heterocycles. The molecule has 0 spiro atoms. The number of hydrogen-bond acceptors (Lipinski definition) is 5. The molecule has 126 valence electrons. The molecule has 1 aromatic carbocycles. The summed E-state index contributed by atoms with van der Waals surface area (Å²) in [5.41, 5.74) is 0.721. The van der Waals surface area contributed by atoms with E-state index in [1.807, 2.05) is 35.2 Å². The summed E-state index contributed by atoms with van der Waals surface area (Å²) < 4.78 is 11.0. The molecule has 1 amide bonds. The number of hydrogen-bond donors (Lipinski definition) is 0. The van der Waals surface area contributed by atoms with Crippen molar-refractivity contribution in [2.75, 3.05) is 13.7 Å². The van der Waals surface area contributed by atoms with E-state index in [-0.39, 0.29) is 11.8 Å². The van der Waals surface area contributed by atoms with Gasteiger partial charge < -0.3 is 14.2 Å². The van der Waals surface area contributed by atoms with E-state index in [2.05, 4.69) is 10.1 Å². The number of benzene rings is 1. The Hall–Kier alpha value is -2.21. The first-order chi connectivity index (χ1) is 11.7. The van der Waals surface area contributed by atoms with Gasteiger partial charge in [0.2, 0.25) is 17.6 Å². The summed E-state index contributed by atoms with van der Waals surface area (Å²) >= 11 is 0. The number of methoxy groups -OCH3 is 1. The lowest BCUT2D eigenvalue weighted by molar-refractivity contribution is -0.129. The SMILES string of the molecule is COC1(c2noc(C3CCN(Cc4ccccc4)C3=O)n2)CCC1. The zero-order valence-electron chi connectivity index (χ0n) is 13.8. The van der Waals surface area contributed by atoms with E-state index >= 15 is 0 Å². The van der Waals surface area contributed by atoms with E-state index in [0.29, 0.717) is 31.2 Å². The fraction of sp³-hybridized carbons (Fsp3) is 0.500. The second-order valence-corrected chi connectivity index (χ2v) is 6.59. The van der Waals surface area contributed by atoms with Gasteiger partial charge in [-0.1, -0.05) is 35.5 Å². The molecule has 0 bridgehead atoms. The molecule has 2 fully saturated rings. The second kappa shape index (κ2) is 6.02. The number of likely N-dealkylation sites (tertiary alicyclic amines) is 1. The van der Waals surface area contributed by atoms with Gasteiger partial charge in [-0.05, 0) is 31.2 Å². The van der Waals surface area contributed by atoms with Crippen molar-refractivity contribution < 1.29 is 14.1 Å². The predicted octanol–water partition coefficient (Wildman–Crippen LogP) is 2.61. The minimum absolute atomic E-state index is 0.0640. The molecule has 4 rings (SSSR count). The van der Waals surface area contributed by atoms with Crippen LogP contribution in [0, 0.1) is 0 Å². The highest BCUT2D eigenvalue weighted by Gasteiger charge is 2.45. The number of amides is 1. The van der Waals surface area contributed by atoms with Crippen molar-refractivity contribution in [2.24, 2.45) is 0 Å². The molecule has 24 heavy (non-hydrogen) atoms. The lowest BCUT2D eigenvalue weighted by Gasteiger charge is -2.37. The maximum absolute atomic E-state index is 12.7. The third-order valence-electron chi connectivity index (χ3n) is 5.21. The zero-order valence-corrected chi connectivity index (χ0v) is 13.8. The summed E-state index contributed by atoms with van der Waals surface area (Å²) in [4.78, 5) is 19.0. The van der Waals surface area contributed by atoms with Crippen LogP contribution in [0.25, 0.3) is 0 Å². The van der Waals surface area contributed by atoms with E-state index in [4.69, 9.17) is 9.26 Å². The van der Waals surface area contributed by atoms with Crippen molar-refractivity contribution in [1.29, 1.82) is 0 Å². The maximum atomic E-state index is 12.7. The number of carbonyl (C=O) groups is 1. The second-order valence-electron chi connectivity index (χ2n) is 6.59. The van der Waals surface area contributed by atoms with Crippen LogP contribution in [-0.4, -0.2) is 34.6 Å². The van der Waals surface area contributed by atoms with Gasteiger partial charge >= 0.3 is 0 Å².